The van der Waals surface area contributed by atoms with Gasteiger partial charge in [0.1, 0.15) is 0 Å². The second kappa shape index (κ2) is 5.53. The van der Waals surface area contributed by atoms with Gasteiger partial charge in [-0.15, -0.1) is 0 Å². The molecule has 0 aromatic rings. The van der Waals surface area contributed by atoms with Gasteiger partial charge in [0.25, 0.3) is 0 Å². The molecule has 2 fully saturated rings. The largest absolute Gasteiger partial charge is 0.392 e. The lowest BCUT2D eigenvalue weighted by molar-refractivity contribution is -0.131. The van der Waals surface area contributed by atoms with E-state index in [1.807, 2.05) is 0 Å². The van der Waals surface area contributed by atoms with Gasteiger partial charge in [0.15, 0.2) is 0 Å². The molecule has 102 valence electrons. The third-order valence-corrected chi connectivity index (χ3v) is 4.87. The number of amides is 1. The summed E-state index contributed by atoms with van der Waals surface area (Å²) in [7, 11) is 0. The van der Waals surface area contributed by atoms with Crippen LogP contribution in [0.5, 0.6) is 0 Å². The van der Waals surface area contributed by atoms with Crippen molar-refractivity contribution < 1.29 is 4.79 Å². The Hall–Kier alpha value is -0.680. The van der Waals surface area contributed by atoms with E-state index in [2.05, 4.69) is 17.1 Å². The fourth-order valence-corrected chi connectivity index (χ4v) is 3.19. The summed E-state index contributed by atoms with van der Waals surface area (Å²) >= 11 is 5.05. The van der Waals surface area contributed by atoms with Crippen LogP contribution in [0, 0.1) is 11.3 Å². The van der Waals surface area contributed by atoms with Crippen molar-refractivity contribution in [2.75, 3.05) is 26.2 Å². The molecule has 1 saturated heterocycles. The molecule has 0 spiro atoms. The van der Waals surface area contributed by atoms with E-state index >= 15 is 0 Å². The summed E-state index contributed by atoms with van der Waals surface area (Å²) in [4.78, 5) is 15.0. The van der Waals surface area contributed by atoms with Crippen molar-refractivity contribution in [2.45, 2.75) is 32.6 Å². The summed E-state index contributed by atoms with van der Waals surface area (Å²) < 4.78 is 0. The molecule has 2 aliphatic rings. The molecule has 0 aromatic heterocycles. The minimum absolute atomic E-state index is 0.0520. The second-order valence-electron chi connectivity index (χ2n) is 5.56. The molecule has 1 saturated carbocycles. The van der Waals surface area contributed by atoms with Gasteiger partial charge in [-0.3, -0.25) is 4.79 Å². The maximum Gasteiger partial charge on any atom is 0.233 e. The van der Waals surface area contributed by atoms with Crippen LogP contribution in [0.15, 0.2) is 0 Å². The number of rotatable bonds is 5. The van der Waals surface area contributed by atoms with Crippen LogP contribution in [-0.2, 0) is 4.79 Å². The third-order valence-electron chi connectivity index (χ3n) is 4.48. The summed E-state index contributed by atoms with van der Waals surface area (Å²) in [5.41, 5.74) is 5.19. The van der Waals surface area contributed by atoms with E-state index in [-0.39, 0.29) is 5.91 Å². The zero-order valence-electron chi connectivity index (χ0n) is 11.1. The van der Waals surface area contributed by atoms with Crippen molar-refractivity contribution >= 4 is 23.1 Å². The lowest BCUT2D eigenvalue weighted by Crippen LogP contribution is -2.53. The van der Waals surface area contributed by atoms with Crippen molar-refractivity contribution in [2.24, 2.45) is 17.1 Å². The molecule has 1 atom stereocenters. The zero-order chi connectivity index (χ0) is 13.2. The summed E-state index contributed by atoms with van der Waals surface area (Å²) in [6.07, 6.45) is 3.87. The molecule has 4 nitrogen and oxygen atoms in total. The molecular weight excluding hydrogens is 246 g/mol. The van der Waals surface area contributed by atoms with Crippen molar-refractivity contribution in [3.63, 3.8) is 0 Å². The Morgan fingerprint density at radius 3 is 2.72 bits per heavy atom. The second-order valence-corrected chi connectivity index (χ2v) is 6.00. The number of hydrogen-bond acceptors (Lipinski definition) is 3. The predicted octanol–water partition coefficient (Wildman–Crippen LogP) is 0.901. The number of carbonyl (C=O) groups excluding carboxylic acids is 1. The molecule has 5 heteroatoms. The summed E-state index contributed by atoms with van der Waals surface area (Å²) in [5.74, 6) is 0.633. The van der Waals surface area contributed by atoms with E-state index < -0.39 is 5.41 Å². The van der Waals surface area contributed by atoms with Gasteiger partial charge in [-0.2, -0.15) is 0 Å². The van der Waals surface area contributed by atoms with E-state index in [0.29, 0.717) is 10.9 Å². The first-order valence-corrected chi connectivity index (χ1v) is 7.30. The highest BCUT2D eigenvalue weighted by atomic mass is 32.1. The lowest BCUT2D eigenvalue weighted by Gasteiger charge is -2.39. The molecule has 3 N–H and O–H groups in total. The smallest absolute Gasteiger partial charge is 0.233 e. The van der Waals surface area contributed by atoms with Gasteiger partial charge in [0.2, 0.25) is 5.91 Å². The van der Waals surface area contributed by atoms with Gasteiger partial charge in [-0.25, -0.2) is 0 Å². The minimum Gasteiger partial charge on any atom is -0.392 e. The van der Waals surface area contributed by atoms with Crippen molar-refractivity contribution in [3.05, 3.63) is 0 Å². The maximum atomic E-state index is 12.2. The van der Waals surface area contributed by atoms with E-state index in [0.717, 1.165) is 45.4 Å². The molecule has 1 aliphatic carbocycles. The Morgan fingerprint density at radius 2 is 2.28 bits per heavy atom. The van der Waals surface area contributed by atoms with Crippen LogP contribution in [0.25, 0.3) is 0 Å². The summed E-state index contributed by atoms with van der Waals surface area (Å²) in [6, 6.07) is 0. The van der Waals surface area contributed by atoms with Crippen LogP contribution >= 0.6 is 12.2 Å². The first-order valence-electron chi connectivity index (χ1n) is 6.89. The van der Waals surface area contributed by atoms with Crippen molar-refractivity contribution in [3.8, 4) is 0 Å². The molecule has 1 aliphatic heterocycles. The van der Waals surface area contributed by atoms with Crippen LogP contribution in [0.1, 0.15) is 32.6 Å². The molecule has 2 rings (SSSR count). The average Bonchev–Trinajstić information content (AvgIpc) is 2.72. The SMILES string of the molecule is CCN1CCC(CNC(=O)C2(C(N)=S)CCC2)C1. The van der Waals surface area contributed by atoms with Gasteiger partial charge in [-0.05, 0) is 38.3 Å². The topological polar surface area (TPSA) is 58.4 Å². The van der Waals surface area contributed by atoms with Crippen molar-refractivity contribution in [1.82, 2.24) is 10.2 Å². The number of nitrogens with two attached hydrogens (primary N) is 1. The fraction of sp³-hybridized carbons (Fsp3) is 0.846. The molecule has 1 amide bonds. The molecule has 0 aromatic carbocycles. The maximum absolute atomic E-state index is 12.2. The van der Waals surface area contributed by atoms with Gasteiger partial charge in [0, 0.05) is 13.1 Å². The lowest BCUT2D eigenvalue weighted by atomic mass is 9.68. The van der Waals surface area contributed by atoms with Crippen LogP contribution < -0.4 is 11.1 Å². The molecule has 1 heterocycles. The van der Waals surface area contributed by atoms with Crippen LogP contribution in [-0.4, -0.2) is 42.0 Å². The van der Waals surface area contributed by atoms with Gasteiger partial charge < -0.3 is 16.0 Å². The highest BCUT2D eigenvalue weighted by Gasteiger charge is 2.46. The van der Waals surface area contributed by atoms with Crippen LogP contribution in [0.4, 0.5) is 0 Å². The summed E-state index contributed by atoms with van der Waals surface area (Å²) in [5, 5.41) is 3.06. The normalized spacial score (nSPS) is 26.6. The summed E-state index contributed by atoms with van der Waals surface area (Å²) in [6.45, 7) is 6.28. The highest BCUT2D eigenvalue weighted by Crippen LogP contribution is 2.41. The van der Waals surface area contributed by atoms with E-state index in [4.69, 9.17) is 18.0 Å². The third kappa shape index (κ3) is 2.52. The Bertz CT molecular complexity index is 341. The standard InChI is InChI=1S/C13H23N3OS/c1-2-16-7-4-10(9-16)8-15-12(17)13(11(14)18)5-3-6-13/h10H,2-9H2,1H3,(H2,14,18)(H,15,17). The molecule has 1 unspecified atom stereocenters. The molecule has 0 radical (unpaired) electrons. The monoisotopic (exact) mass is 269 g/mol. The van der Waals surface area contributed by atoms with Gasteiger partial charge in [-0.1, -0.05) is 25.6 Å². The highest BCUT2D eigenvalue weighted by molar-refractivity contribution is 7.80. The van der Waals surface area contributed by atoms with Crippen LogP contribution in [0.3, 0.4) is 0 Å². The molecule has 18 heavy (non-hydrogen) atoms. The number of thiocarbonyl (C=S) groups is 1. The number of likely N-dealkylation sites (tertiary alicyclic amines) is 1. The van der Waals surface area contributed by atoms with Gasteiger partial charge >= 0.3 is 0 Å². The Kier molecular flexibility index (Phi) is 4.22. The average molecular weight is 269 g/mol. The number of nitrogens with zero attached hydrogens (tertiary/aromatic N) is 1. The van der Waals surface area contributed by atoms with E-state index in [1.54, 1.807) is 0 Å². The van der Waals surface area contributed by atoms with E-state index in [1.165, 1.54) is 6.42 Å². The predicted molar refractivity (Wildman–Crippen MR) is 76.3 cm³/mol. The van der Waals surface area contributed by atoms with Crippen LogP contribution in [0.2, 0.25) is 0 Å². The fourth-order valence-electron chi connectivity index (χ4n) is 2.89. The van der Waals surface area contributed by atoms with Crippen molar-refractivity contribution in [1.29, 1.82) is 0 Å². The zero-order valence-corrected chi connectivity index (χ0v) is 11.9. The number of nitrogens with one attached hydrogen (secondary N) is 1. The Labute approximate surface area is 114 Å². The number of carbonyl (C=O) groups is 1. The molecular formula is C13H23N3OS. The number of hydrogen-bond donors (Lipinski definition) is 2. The molecule has 0 bridgehead atoms. The quantitative estimate of drug-likeness (QED) is 0.728. The Morgan fingerprint density at radius 1 is 1.56 bits per heavy atom. The Balaban J connectivity index is 1.80. The first kappa shape index (κ1) is 13.7. The van der Waals surface area contributed by atoms with E-state index in [9.17, 15) is 4.79 Å². The minimum atomic E-state index is -0.529. The first-order chi connectivity index (χ1) is 8.58. The van der Waals surface area contributed by atoms with Gasteiger partial charge in [0.05, 0.1) is 10.4 Å².